The molecule has 0 aromatic heterocycles. The number of ether oxygens (including phenoxy) is 4. The predicted octanol–water partition coefficient (Wildman–Crippen LogP) is 22.2. The molecule has 0 aliphatic carbocycles. The van der Waals surface area contributed by atoms with Gasteiger partial charge in [-0.3, -0.25) is 9.59 Å². The van der Waals surface area contributed by atoms with Gasteiger partial charge < -0.3 is 28.5 Å². The van der Waals surface area contributed by atoms with Gasteiger partial charge in [-0.25, -0.2) is 4.79 Å². The molecule has 0 saturated heterocycles. The van der Waals surface area contributed by atoms with Crippen molar-refractivity contribution in [2.45, 2.75) is 270 Å². The van der Waals surface area contributed by atoms with Gasteiger partial charge in [-0.1, -0.05) is 287 Å². The highest BCUT2D eigenvalue weighted by Crippen LogP contribution is 2.16. The molecule has 2 atom stereocenters. The SMILES string of the molecule is CC/C=C\C/C=C\C/C=C\C/C=C\C/C=C\C/C=C\C/C=C\C/C=C\CCCCCCCCCCCCCCCCC(=O)OC(COC(=O)CCCCCCCC/C=C\C/C=C\C/C=C\C/C=C\C/C=C\C/C=C\CC)COC(OCC[N+](C)(C)C)C(=O)O. The number of rotatable bonds is 63. The third kappa shape index (κ3) is 70.0. The number of unbranched alkanes of at least 4 members (excludes halogenated alkanes) is 20. The lowest BCUT2D eigenvalue weighted by Crippen LogP contribution is -2.40. The summed E-state index contributed by atoms with van der Waals surface area (Å²) in [6, 6.07) is 0. The lowest BCUT2D eigenvalue weighted by Gasteiger charge is -2.25. The van der Waals surface area contributed by atoms with Crippen molar-refractivity contribution >= 4 is 17.9 Å². The van der Waals surface area contributed by atoms with Crippen LogP contribution >= 0.6 is 0 Å². The van der Waals surface area contributed by atoms with E-state index in [-0.39, 0.29) is 38.6 Å². The third-order valence-corrected chi connectivity index (χ3v) is 14.5. The van der Waals surface area contributed by atoms with E-state index in [1.54, 1.807) is 0 Å². The Hall–Kier alpha value is -5.35. The third-order valence-electron chi connectivity index (χ3n) is 14.5. The Morgan fingerprint density at radius 1 is 0.337 bits per heavy atom. The van der Waals surface area contributed by atoms with Crippen molar-refractivity contribution in [2.75, 3.05) is 47.5 Å². The molecule has 0 aliphatic rings. The molecule has 0 fully saturated rings. The van der Waals surface area contributed by atoms with Gasteiger partial charge in [0.25, 0.3) is 6.29 Å². The summed E-state index contributed by atoms with van der Waals surface area (Å²) in [7, 11) is 5.96. The number of carbonyl (C=O) groups excluding carboxylic acids is 2. The Bertz CT molecular complexity index is 2070. The van der Waals surface area contributed by atoms with E-state index in [9.17, 15) is 19.5 Å². The normalized spacial score (nSPS) is 13.8. The van der Waals surface area contributed by atoms with Crippen molar-refractivity contribution < 1.29 is 42.9 Å². The number of hydrogen-bond donors (Lipinski definition) is 1. The Labute approximate surface area is 546 Å². The molecule has 89 heavy (non-hydrogen) atoms. The average molecular weight is 1230 g/mol. The van der Waals surface area contributed by atoms with E-state index in [1.165, 1.54) is 70.6 Å². The molecule has 0 radical (unpaired) electrons. The predicted molar refractivity (Wildman–Crippen MR) is 382 cm³/mol. The maximum absolute atomic E-state index is 13.0. The van der Waals surface area contributed by atoms with Gasteiger partial charge in [-0.15, -0.1) is 0 Å². The number of carboxylic acid groups (broad SMARTS) is 1. The first-order valence-electron chi connectivity index (χ1n) is 35.3. The summed E-state index contributed by atoms with van der Waals surface area (Å²) in [6.07, 6.45) is 100. The highest BCUT2D eigenvalue weighted by molar-refractivity contribution is 5.71. The van der Waals surface area contributed by atoms with Gasteiger partial charge in [0, 0.05) is 12.8 Å². The maximum atomic E-state index is 13.0. The van der Waals surface area contributed by atoms with E-state index in [0.29, 0.717) is 17.4 Å². The Balaban J connectivity index is 4.16. The van der Waals surface area contributed by atoms with E-state index in [0.717, 1.165) is 154 Å². The zero-order valence-electron chi connectivity index (χ0n) is 57.3. The molecule has 0 heterocycles. The molecule has 0 aromatic carbocycles. The van der Waals surface area contributed by atoms with Crippen LogP contribution in [0.3, 0.4) is 0 Å². The molecule has 1 N–H and O–H groups in total. The molecule has 0 amide bonds. The monoisotopic (exact) mass is 1230 g/mol. The molecule has 0 aliphatic heterocycles. The summed E-state index contributed by atoms with van der Waals surface area (Å²) in [4.78, 5) is 37.6. The molecular weight excluding hydrogens is 1100 g/mol. The summed E-state index contributed by atoms with van der Waals surface area (Å²) in [5, 5.41) is 9.75. The summed E-state index contributed by atoms with van der Waals surface area (Å²) >= 11 is 0. The number of allylic oxidation sites excluding steroid dienone is 28. The summed E-state index contributed by atoms with van der Waals surface area (Å²) < 4.78 is 23.0. The number of carbonyl (C=O) groups is 3. The lowest BCUT2D eigenvalue weighted by molar-refractivity contribution is -0.870. The second-order valence-electron chi connectivity index (χ2n) is 24.1. The average Bonchev–Trinajstić information content (AvgIpc) is 3.64. The van der Waals surface area contributed by atoms with Crippen LogP contribution in [-0.2, 0) is 33.3 Å². The van der Waals surface area contributed by atoms with Gasteiger partial charge in [-0.2, -0.15) is 0 Å². The van der Waals surface area contributed by atoms with E-state index < -0.39 is 24.3 Å². The molecule has 2 unspecified atom stereocenters. The van der Waals surface area contributed by atoms with Crippen molar-refractivity contribution in [3.63, 3.8) is 0 Å². The highest BCUT2D eigenvalue weighted by atomic mass is 16.7. The standard InChI is InChI=1S/C80H129NO8/c1-6-8-10-12-14-16-18-20-22-24-26-28-30-32-33-34-35-36-37-38-39-40-41-42-43-44-45-47-49-51-53-55-57-59-61-63-65-67-69-71-78(83)89-76(75-88-80(79(84)85)86-73-72-81(3,4)5)74-87-77(82)70-68-66-64-62-60-58-56-54-52-50-48-46-31-29-27-25-23-21-19-17-15-13-11-9-7-2/h8-11,14-17,20-23,26-29,32-33,35-36,38-39,41-42,46,48,52,54,76,80H,6-7,12-13,18-19,24-25,30-31,34,37,40,43-45,47,49-51,53,55-75H2,1-5H3/p+1/b10-8-,11-9-,16-14-,17-15-,22-20-,23-21-,28-26-,29-27-,33-32-,36-35-,39-38-,42-41-,48-46-,54-52-. The minimum atomic E-state index is -1.52. The Morgan fingerprint density at radius 2 is 0.607 bits per heavy atom. The van der Waals surface area contributed by atoms with Gasteiger partial charge in [0.15, 0.2) is 6.10 Å². The van der Waals surface area contributed by atoms with Crippen molar-refractivity contribution in [1.82, 2.24) is 0 Å². The molecule has 0 rings (SSSR count). The zero-order valence-corrected chi connectivity index (χ0v) is 57.3. The summed E-state index contributed by atoms with van der Waals surface area (Å²) in [5.74, 6) is -2.04. The topological polar surface area (TPSA) is 108 Å². The first-order valence-corrected chi connectivity index (χ1v) is 35.3. The summed E-state index contributed by atoms with van der Waals surface area (Å²) in [5.41, 5.74) is 0. The largest absolute Gasteiger partial charge is 0.477 e. The number of aliphatic carboxylic acids is 1. The highest BCUT2D eigenvalue weighted by Gasteiger charge is 2.25. The van der Waals surface area contributed by atoms with E-state index in [4.69, 9.17) is 18.9 Å². The van der Waals surface area contributed by atoms with Gasteiger partial charge in [0.1, 0.15) is 13.2 Å². The van der Waals surface area contributed by atoms with Crippen molar-refractivity contribution in [2.24, 2.45) is 0 Å². The van der Waals surface area contributed by atoms with Gasteiger partial charge in [0.05, 0.1) is 34.4 Å². The Morgan fingerprint density at radius 3 is 0.899 bits per heavy atom. The molecule has 0 spiro atoms. The van der Waals surface area contributed by atoms with Crippen LogP contribution in [0.2, 0.25) is 0 Å². The van der Waals surface area contributed by atoms with Crippen molar-refractivity contribution in [3.05, 3.63) is 170 Å². The van der Waals surface area contributed by atoms with Crippen LogP contribution in [0.15, 0.2) is 170 Å². The minimum Gasteiger partial charge on any atom is -0.477 e. The first kappa shape index (κ1) is 83.7. The quantitative estimate of drug-likeness (QED) is 0.0211. The minimum absolute atomic E-state index is 0.177. The fourth-order valence-electron chi connectivity index (χ4n) is 9.15. The second kappa shape index (κ2) is 68.6. The van der Waals surface area contributed by atoms with Crippen LogP contribution in [0.1, 0.15) is 258 Å². The van der Waals surface area contributed by atoms with Gasteiger partial charge >= 0.3 is 17.9 Å². The number of nitrogens with zero attached hydrogens (tertiary/aromatic N) is 1. The number of esters is 2. The Kier molecular flexibility index (Phi) is 64.4. The number of carboxylic acids is 1. The second-order valence-corrected chi connectivity index (χ2v) is 24.1. The van der Waals surface area contributed by atoms with Crippen LogP contribution in [0, 0.1) is 0 Å². The number of quaternary nitrogens is 1. The van der Waals surface area contributed by atoms with Crippen LogP contribution in [-0.4, -0.2) is 87.4 Å². The molecule has 9 nitrogen and oxygen atoms in total. The van der Waals surface area contributed by atoms with E-state index in [2.05, 4.69) is 184 Å². The van der Waals surface area contributed by atoms with Crippen molar-refractivity contribution in [3.8, 4) is 0 Å². The summed E-state index contributed by atoms with van der Waals surface area (Å²) in [6.45, 7) is 4.62. The number of likely N-dealkylation sites (N-methyl/N-ethyl adjacent to an activating group) is 1. The van der Waals surface area contributed by atoms with Crippen LogP contribution in [0.4, 0.5) is 0 Å². The van der Waals surface area contributed by atoms with E-state index >= 15 is 0 Å². The molecule has 0 bridgehead atoms. The van der Waals surface area contributed by atoms with Gasteiger partial charge in [-0.05, 0) is 128 Å². The van der Waals surface area contributed by atoms with E-state index in [1.807, 2.05) is 21.1 Å². The maximum Gasteiger partial charge on any atom is 0.361 e. The molecule has 502 valence electrons. The van der Waals surface area contributed by atoms with Gasteiger partial charge in [0.2, 0.25) is 0 Å². The molecule has 9 heteroatoms. The zero-order chi connectivity index (χ0) is 64.7. The fraction of sp³-hybridized carbons (Fsp3) is 0.613. The molecule has 0 saturated carbocycles. The molecular formula is C80H130NO8+. The fourth-order valence-corrected chi connectivity index (χ4v) is 9.15. The van der Waals surface area contributed by atoms with Crippen LogP contribution < -0.4 is 0 Å². The van der Waals surface area contributed by atoms with Crippen molar-refractivity contribution in [1.29, 1.82) is 0 Å². The van der Waals surface area contributed by atoms with Crippen LogP contribution in [0.5, 0.6) is 0 Å². The smallest absolute Gasteiger partial charge is 0.361 e. The van der Waals surface area contributed by atoms with Crippen LogP contribution in [0.25, 0.3) is 0 Å². The first-order chi connectivity index (χ1) is 43.6. The lowest BCUT2D eigenvalue weighted by atomic mass is 10.0. The molecule has 0 aromatic rings. The number of hydrogen-bond acceptors (Lipinski definition) is 7.